The number of amides is 4. The van der Waals surface area contributed by atoms with Crippen LogP contribution in [0.4, 0.5) is 17.1 Å². The van der Waals surface area contributed by atoms with Gasteiger partial charge in [-0.2, -0.15) is 0 Å². The smallest absolute Gasteiger partial charge is 0.249 e. The maximum absolute atomic E-state index is 13.3. The topological polar surface area (TPSA) is 122 Å². The highest BCUT2D eigenvalue weighted by Crippen LogP contribution is 2.31. The summed E-state index contributed by atoms with van der Waals surface area (Å²) < 4.78 is 5.16. The monoisotopic (exact) mass is 424 g/mol. The van der Waals surface area contributed by atoms with Crippen LogP contribution < -0.4 is 25.6 Å². The minimum absolute atomic E-state index is 0.218. The number of hydrogen-bond donors (Lipinski definition) is 2. The van der Waals surface area contributed by atoms with Gasteiger partial charge in [0.15, 0.2) is 5.92 Å². The van der Waals surface area contributed by atoms with Crippen LogP contribution in [0.2, 0.25) is 0 Å². The first-order valence-corrected chi connectivity index (χ1v) is 9.71. The zero-order chi connectivity index (χ0) is 22.7. The quantitative estimate of drug-likeness (QED) is 0.681. The van der Waals surface area contributed by atoms with Gasteiger partial charge in [0.2, 0.25) is 23.6 Å². The van der Waals surface area contributed by atoms with Gasteiger partial charge in [0.05, 0.1) is 18.5 Å². The summed E-state index contributed by atoms with van der Waals surface area (Å²) in [5.41, 5.74) is 6.57. The van der Waals surface area contributed by atoms with E-state index in [1.54, 1.807) is 55.6 Å². The third-order valence-corrected chi connectivity index (χ3v) is 4.94. The number of fused-ring (bicyclic) bond motifs is 1. The van der Waals surface area contributed by atoms with E-state index in [-0.39, 0.29) is 18.5 Å². The van der Waals surface area contributed by atoms with Crippen molar-refractivity contribution in [3.05, 3.63) is 48.5 Å². The predicted molar refractivity (Wildman–Crippen MR) is 116 cm³/mol. The molecule has 0 radical (unpaired) electrons. The molecule has 3 N–H and O–H groups in total. The van der Waals surface area contributed by atoms with Crippen LogP contribution in [0.5, 0.6) is 5.75 Å². The van der Waals surface area contributed by atoms with Gasteiger partial charge in [-0.3, -0.25) is 24.1 Å². The lowest BCUT2D eigenvalue weighted by Crippen LogP contribution is -2.50. The van der Waals surface area contributed by atoms with Crippen LogP contribution in [0.3, 0.4) is 0 Å². The molecule has 1 heterocycles. The second-order valence-corrected chi connectivity index (χ2v) is 7.32. The molecule has 0 fully saturated rings. The summed E-state index contributed by atoms with van der Waals surface area (Å²) in [5, 5.41) is 2.54. The first-order chi connectivity index (χ1) is 14.7. The fourth-order valence-corrected chi connectivity index (χ4v) is 3.50. The van der Waals surface area contributed by atoms with Crippen LogP contribution in [-0.2, 0) is 19.2 Å². The Morgan fingerprint density at radius 1 is 1.13 bits per heavy atom. The van der Waals surface area contributed by atoms with E-state index in [0.29, 0.717) is 22.8 Å². The number of anilines is 3. The maximum Gasteiger partial charge on any atom is 0.249 e. The molecule has 162 valence electrons. The van der Waals surface area contributed by atoms with E-state index in [1.165, 1.54) is 4.90 Å². The molecule has 0 saturated heterocycles. The molecule has 0 aliphatic carbocycles. The molecular weight excluding hydrogens is 400 g/mol. The molecule has 3 rings (SSSR count). The number of carbonyl (C=O) groups is 4. The lowest BCUT2D eigenvalue weighted by Gasteiger charge is -2.30. The summed E-state index contributed by atoms with van der Waals surface area (Å²) >= 11 is 0. The van der Waals surface area contributed by atoms with E-state index in [2.05, 4.69) is 5.32 Å². The first kappa shape index (κ1) is 21.8. The Morgan fingerprint density at radius 3 is 2.35 bits per heavy atom. The van der Waals surface area contributed by atoms with Crippen molar-refractivity contribution in [2.45, 2.75) is 19.9 Å². The SMILES string of the molecule is COc1ccc(N(C(=O)CN2C(=O)C(C(N)=O)C(=O)Nc3ccccc32)C(C)C)cc1. The molecule has 9 heteroatoms. The van der Waals surface area contributed by atoms with Crippen LogP contribution in [-0.4, -0.2) is 43.3 Å². The van der Waals surface area contributed by atoms with E-state index < -0.39 is 23.6 Å². The fourth-order valence-electron chi connectivity index (χ4n) is 3.50. The van der Waals surface area contributed by atoms with E-state index >= 15 is 0 Å². The van der Waals surface area contributed by atoms with Crippen molar-refractivity contribution >= 4 is 40.7 Å². The Hall–Kier alpha value is -3.88. The molecule has 31 heavy (non-hydrogen) atoms. The Labute approximate surface area is 179 Å². The first-order valence-electron chi connectivity index (χ1n) is 9.71. The Morgan fingerprint density at radius 2 is 1.77 bits per heavy atom. The van der Waals surface area contributed by atoms with Crippen LogP contribution in [0, 0.1) is 5.92 Å². The van der Waals surface area contributed by atoms with Crippen molar-refractivity contribution in [3.63, 3.8) is 0 Å². The van der Waals surface area contributed by atoms with Crippen molar-refractivity contribution in [2.75, 3.05) is 28.8 Å². The molecule has 0 spiro atoms. The molecule has 1 aliphatic rings. The Bertz CT molecular complexity index is 1020. The van der Waals surface area contributed by atoms with Crippen LogP contribution >= 0.6 is 0 Å². The van der Waals surface area contributed by atoms with Gasteiger partial charge in [-0.1, -0.05) is 12.1 Å². The van der Waals surface area contributed by atoms with Gasteiger partial charge in [-0.05, 0) is 50.2 Å². The summed E-state index contributed by atoms with van der Waals surface area (Å²) in [4.78, 5) is 53.3. The third-order valence-electron chi connectivity index (χ3n) is 4.94. The summed E-state index contributed by atoms with van der Waals surface area (Å²) in [6, 6.07) is 13.3. The molecule has 2 aromatic rings. The second kappa shape index (κ2) is 8.86. The molecule has 1 unspecified atom stereocenters. The zero-order valence-corrected chi connectivity index (χ0v) is 17.5. The van der Waals surface area contributed by atoms with Crippen LogP contribution in [0.1, 0.15) is 13.8 Å². The number of nitrogens with one attached hydrogen (secondary N) is 1. The molecule has 4 amide bonds. The predicted octanol–water partition coefficient (Wildman–Crippen LogP) is 1.52. The van der Waals surface area contributed by atoms with Crippen molar-refractivity contribution in [1.29, 1.82) is 0 Å². The number of nitrogens with zero attached hydrogens (tertiary/aromatic N) is 2. The van der Waals surface area contributed by atoms with Crippen molar-refractivity contribution < 1.29 is 23.9 Å². The minimum atomic E-state index is -1.73. The third kappa shape index (κ3) is 4.35. The maximum atomic E-state index is 13.3. The van der Waals surface area contributed by atoms with Gasteiger partial charge in [-0.25, -0.2) is 0 Å². The van der Waals surface area contributed by atoms with E-state index in [1.807, 2.05) is 13.8 Å². The normalized spacial score (nSPS) is 15.7. The molecular formula is C22H24N4O5. The van der Waals surface area contributed by atoms with Gasteiger partial charge in [0.1, 0.15) is 12.3 Å². The van der Waals surface area contributed by atoms with Crippen LogP contribution in [0.15, 0.2) is 48.5 Å². The van der Waals surface area contributed by atoms with Crippen LogP contribution in [0.25, 0.3) is 0 Å². The van der Waals surface area contributed by atoms with Crippen molar-refractivity contribution in [1.82, 2.24) is 0 Å². The number of methoxy groups -OCH3 is 1. The minimum Gasteiger partial charge on any atom is -0.497 e. The number of ether oxygens (including phenoxy) is 1. The highest BCUT2D eigenvalue weighted by molar-refractivity contribution is 6.27. The van der Waals surface area contributed by atoms with Gasteiger partial charge in [0, 0.05) is 11.7 Å². The Kier molecular flexibility index (Phi) is 6.24. The lowest BCUT2D eigenvalue weighted by molar-refractivity contribution is -0.138. The molecule has 0 bridgehead atoms. The standard InChI is InChI=1S/C22H24N4O5/c1-13(2)26(14-8-10-15(31-3)11-9-14)18(27)12-25-17-7-5-4-6-16(17)24-21(29)19(20(23)28)22(25)30/h4-11,13,19H,12H2,1-3H3,(H2,23,28)(H,24,29). The highest BCUT2D eigenvalue weighted by atomic mass is 16.5. The number of hydrogen-bond acceptors (Lipinski definition) is 5. The number of rotatable bonds is 6. The second-order valence-electron chi connectivity index (χ2n) is 7.32. The summed E-state index contributed by atoms with van der Waals surface area (Å²) in [7, 11) is 1.55. The molecule has 9 nitrogen and oxygen atoms in total. The number of carbonyl (C=O) groups excluding carboxylic acids is 4. The van der Waals surface area contributed by atoms with E-state index in [4.69, 9.17) is 10.5 Å². The molecule has 2 aromatic carbocycles. The summed E-state index contributed by atoms with van der Waals surface area (Å²) in [6.45, 7) is 3.31. The van der Waals surface area contributed by atoms with Gasteiger partial charge >= 0.3 is 0 Å². The average Bonchev–Trinajstić information content (AvgIpc) is 2.82. The number of nitrogens with two attached hydrogens (primary N) is 1. The lowest BCUT2D eigenvalue weighted by atomic mass is 10.1. The van der Waals surface area contributed by atoms with Crippen molar-refractivity contribution in [2.24, 2.45) is 11.7 Å². The molecule has 1 aliphatic heterocycles. The Balaban J connectivity index is 1.98. The summed E-state index contributed by atoms with van der Waals surface area (Å²) in [5.74, 6) is -4.22. The average molecular weight is 424 g/mol. The number of para-hydroxylation sites is 2. The van der Waals surface area contributed by atoms with Crippen molar-refractivity contribution in [3.8, 4) is 5.75 Å². The summed E-state index contributed by atoms with van der Waals surface area (Å²) in [6.07, 6.45) is 0. The van der Waals surface area contributed by atoms with Gasteiger partial charge < -0.3 is 20.7 Å². The fraction of sp³-hybridized carbons (Fsp3) is 0.273. The molecule has 1 atom stereocenters. The largest absolute Gasteiger partial charge is 0.497 e. The molecule has 0 aromatic heterocycles. The van der Waals surface area contributed by atoms with E-state index in [9.17, 15) is 19.2 Å². The molecule has 0 saturated carbocycles. The highest BCUT2D eigenvalue weighted by Gasteiger charge is 2.41. The van der Waals surface area contributed by atoms with Gasteiger partial charge in [-0.15, -0.1) is 0 Å². The van der Waals surface area contributed by atoms with E-state index in [0.717, 1.165) is 4.90 Å². The zero-order valence-electron chi connectivity index (χ0n) is 17.5. The van der Waals surface area contributed by atoms with Gasteiger partial charge in [0.25, 0.3) is 0 Å². The number of benzene rings is 2. The number of primary amides is 1.